The molecule has 1 N–H and O–H groups in total. The summed E-state index contributed by atoms with van der Waals surface area (Å²) in [6, 6.07) is 5.14. The number of benzene rings is 1. The molecule has 1 fully saturated rings. The van der Waals surface area contributed by atoms with E-state index in [1.807, 2.05) is 0 Å². The van der Waals surface area contributed by atoms with E-state index in [-0.39, 0.29) is 12.5 Å². The number of carbonyl (C=O) groups is 2. The number of carboxylic acid groups (broad SMARTS) is 1. The standard InChI is InChI=1S/C13H13ClINO3/c14-10-6-8(3-4-11(10)15)12(17)16-5-1-2-9(7-16)13(18)19/h3-4,6,9H,1-2,5,7H2,(H,18,19). The maximum atomic E-state index is 12.3. The van der Waals surface area contributed by atoms with Crippen molar-refractivity contribution in [2.75, 3.05) is 13.1 Å². The van der Waals surface area contributed by atoms with Crippen molar-refractivity contribution < 1.29 is 14.7 Å². The minimum atomic E-state index is -0.835. The third-order valence-corrected chi connectivity index (χ3v) is 4.80. The molecule has 1 unspecified atom stereocenters. The lowest BCUT2D eigenvalue weighted by Gasteiger charge is -2.30. The van der Waals surface area contributed by atoms with Crippen molar-refractivity contribution in [1.29, 1.82) is 0 Å². The molecule has 0 aliphatic carbocycles. The van der Waals surface area contributed by atoms with Crippen LogP contribution in [0.2, 0.25) is 5.02 Å². The van der Waals surface area contributed by atoms with Gasteiger partial charge in [0.25, 0.3) is 5.91 Å². The lowest BCUT2D eigenvalue weighted by molar-refractivity contribution is -0.143. The normalized spacial score (nSPS) is 19.3. The first-order chi connectivity index (χ1) is 8.99. The van der Waals surface area contributed by atoms with E-state index in [1.165, 1.54) is 0 Å². The second-order valence-corrected chi connectivity index (χ2v) is 6.13. The Kier molecular flexibility index (Phi) is 4.67. The fourth-order valence-corrected chi connectivity index (χ4v) is 2.69. The number of amides is 1. The molecule has 1 aromatic rings. The summed E-state index contributed by atoms with van der Waals surface area (Å²) in [7, 11) is 0. The van der Waals surface area contributed by atoms with Gasteiger partial charge < -0.3 is 10.0 Å². The molecule has 1 heterocycles. The summed E-state index contributed by atoms with van der Waals surface area (Å²) in [4.78, 5) is 24.9. The van der Waals surface area contributed by atoms with Crippen LogP contribution in [-0.4, -0.2) is 35.0 Å². The molecule has 1 aliphatic rings. The Balaban J connectivity index is 2.14. The number of hydrogen-bond donors (Lipinski definition) is 1. The first kappa shape index (κ1) is 14.6. The summed E-state index contributed by atoms with van der Waals surface area (Å²) in [5, 5.41) is 9.57. The van der Waals surface area contributed by atoms with Crippen LogP contribution in [0.1, 0.15) is 23.2 Å². The molecule has 0 bridgehead atoms. The number of nitrogens with zero attached hydrogens (tertiary/aromatic N) is 1. The van der Waals surface area contributed by atoms with Gasteiger partial charge >= 0.3 is 5.97 Å². The average molecular weight is 394 g/mol. The van der Waals surface area contributed by atoms with Gasteiger partial charge in [0.05, 0.1) is 10.9 Å². The molecule has 1 saturated heterocycles. The Morgan fingerprint density at radius 3 is 2.79 bits per heavy atom. The molecule has 0 aromatic heterocycles. The van der Waals surface area contributed by atoms with Crippen LogP contribution in [0.5, 0.6) is 0 Å². The number of aliphatic carboxylic acids is 1. The van der Waals surface area contributed by atoms with E-state index >= 15 is 0 Å². The topological polar surface area (TPSA) is 57.6 Å². The lowest BCUT2D eigenvalue weighted by Crippen LogP contribution is -2.42. The summed E-state index contributed by atoms with van der Waals surface area (Å²) in [6.45, 7) is 0.879. The van der Waals surface area contributed by atoms with Gasteiger partial charge in [-0.3, -0.25) is 9.59 Å². The minimum Gasteiger partial charge on any atom is -0.481 e. The Bertz CT molecular complexity index is 521. The van der Waals surface area contributed by atoms with Crippen molar-refractivity contribution in [2.45, 2.75) is 12.8 Å². The van der Waals surface area contributed by atoms with E-state index in [9.17, 15) is 9.59 Å². The number of carbonyl (C=O) groups excluding carboxylic acids is 1. The van der Waals surface area contributed by atoms with Gasteiger partial charge in [0.1, 0.15) is 0 Å². The van der Waals surface area contributed by atoms with Gasteiger partial charge in [0.2, 0.25) is 0 Å². The maximum Gasteiger partial charge on any atom is 0.308 e. The van der Waals surface area contributed by atoms with Crippen LogP contribution in [0, 0.1) is 9.49 Å². The summed E-state index contributed by atoms with van der Waals surface area (Å²) < 4.78 is 0.887. The molecule has 1 aliphatic heterocycles. The summed E-state index contributed by atoms with van der Waals surface area (Å²) in [6.07, 6.45) is 1.35. The van der Waals surface area contributed by atoms with Crippen LogP contribution in [0.15, 0.2) is 18.2 Å². The van der Waals surface area contributed by atoms with Crippen molar-refractivity contribution >= 4 is 46.1 Å². The molecular weight excluding hydrogens is 381 g/mol. The van der Waals surface area contributed by atoms with E-state index in [0.29, 0.717) is 23.6 Å². The van der Waals surface area contributed by atoms with Crippen molar-refractivity contribution in [3.8, 4) is 0 Å². The van der Waals surface area contributed by atoms with E-state index < -0.39 is 11.9 Å². The monoisotopic (exact) mass is 393 g/mol. The SMILES string of the molecule is O=C(O)C1CCCN(C(=O)c2ccc(I)c(Cl)c2)C1. The molecular formula is C13H13ClINO3. The second kappa shape index (κ2) is 6.09. The van der Waals surface area contributed by atoms with E-state index in [0.717, 1.165) is 9.99 Å². The van der Waals surface area contributed by atoms with Crippen LogP contribution >= 0.6 is 34.2 Å². The van der Waals surface area contributed by atoms with Crippen molar-refractivity contribution in [1.82, 2.24) is 4.90 Å². The molecule has 1 atom stereocenters. The number of halogens is 2. The van der Waals surface area contributed by atoms with Crippen molar-refractivity contribution in [2.24, 2.45) is 5.92 Å². The highest BCUT2D eigenvalue weighted by Crippen LogP contribution is 2.23. The fraction of sp³-hybridized carbons (Fsp3) is 0.385. The number of likely N-dealkylation sites (tertiary alicyclic amines) is 1. The third-order valence-electron chi connectivity index (χ3n) is 3.22. The molecule has 4 nitrogen and oxygen atoms in total. The van der Waals surface area contributed by atoms with Crippen molar-refractivity contribution in [3.05, 3.63) is 32.4 Å². The fourth-order valence-electron chi connectivity index (χ4n) is 2.17. The molecule has 1 aromatic carbocycles. The van der Waals surface area contributed by atoms with Gasteiger partial charge in [-0.1, -0.05) is 11.6 Å². The molecule has 0 radical (unpaired) electrons. The summed E-state index contributed by atoms with van der Waals surface area (Å²) in [5.74, 6) is -1.44. The smallest absolute Gasteiger partial charge is 0.308 e. The number of carboxylic acids is 1. The highest BCUT2D eigenvalue weighted by Gasteiger charge is 2.28. The van der Waals surface area contributed by atoms with Crippen LogP contribution in [0.25, 0.3) is 0 Å². The molecule has 0 spiro atoms. The predicted octanol–water partition coefficient (Wildman–Crippen LogP) is 2.88. The quantitative estimate of drug-likeness (QED) is 0.786. The van der Waals surface area contributed by atoms with Gasteiger partial charge in [0.15, 0.2) is 0 Å². The lowest BCUT2D eigenvalue weighted by atomic mass is 9.97. The van der Waals surface area contributed by atoms with Crippen molar-refractivity contribution in [3.63, 3.8) is 0 Å². The molecule has 6 heteroatoms. The molecule has 102 valence electrons. The van der Waals surface area contributed by atoms with E-state index in [4.69, 9.17) is 16.7 Å². The number of piperidine rings is 1. The second-order valence-electron chi connectivity index (χ2n) is 4.56. The van der Waals surface area contributed by atoms with Crippen LogP contribution in [0.3, 0.4) is 0 Å². The van der Waals surface area contributed by atoms with Crippen LogP contribution in [-0.2, 0) is 4.79 Å². The van der Waals surface area contributed by atoms with Gasteiger partial charge in [0, 0.05) is 22.2 Å². The van der Waals surface area contributed by atoms with E-state index in [1.54, 1.807) is 23.1 Å². The van der Waals surface area contributed by atoms with Crippen LogP contribution < -0.4 is 0 Å². The summed E-state index contributed by atoms with van der Waals surface area (Å²) in [5.41, 5.74) is 0.511. The number of hydrogen-bond acceptors (Lipinski definition) is 2. The maximum absolute atomic E-state index is 12.3. The Hall–Kier alpha value is -0.820. The Morgan fingerprint density at radius 2 is 2.16 bits per heavy atom. The van der Waals surface area contributed by atoms with Gasteiger partial charge in [-0.15, -0.1) is 0 Å². The zero-order chi connectivity index (χ0) is 14.0. The molecule has 0 saturated carbocycles. The average Bonchev–Trinajstić information content (AvgIpc) is 2.41. The molecule has 2 rings (SSSR count). The zero-order valence-electron chi connectivity index (χ0n) is 10.1. The largest absolute Gasteiger partial charge is 0.481 e. The summed E-state index contributed by atoms with van der Waals surface area (Å²) >= 11 is 8.10. The van der Waals surface area contributed by atoms with E-state index in [2.05, 4.69) is 22.6 Å². The predicted molar refractivity (Wildman–Crippen MR) is 80.4 cm³/mol. The van der Waals surface area contributed by atoms with Gasteiger partial charge in [-0.05, 0) is 53.6 Å². The molecule has 1 amide bonds. The molecule has 19 heavy (non-hydrogen) atoms. The highest BCUT2D eigenvalue weighted by molar-refractivity contribution is 14.1. The zero-order valence-corrected chi connectivity index (χ0v) is 13.0. The minimum absolute atomic E-state index is 0.149. The number of rotatable bonds is 2. The van der Waals surface area contributed by atoms with Gasteiger partial charge in [-0.2, -0.15) is 0 Å². The Morgan fingerprint density at radius 1 is 1.42 bits per heavy atom. The van der Waals surface area contributed by atoms with Crippen LogP contribution in [0.4, 0.5) is 0 Å². The van der Waals surface area contributed by atoms with Gasteiger partial charge in [-0.25, -0.2) is 0 Å². The highest BCUT2D eigenvalue weighted by atomic mass is 127. The third kappa shape index (κ3) is 3.39. The Labute approximate surface area is 129 Å². The first-order valence-corrected chi connectivity index (χ1v) is 7.42. The first-order valence-electron chi connectivity index (χ1n) is 5.96.